The Morgan fingerprint density at radius 2 is 1.10 bits per heavy atom. The molecule has 60 valence electrons. The Morgan fingerprint density at radius 3 is 1.20 bits per heavy atom. The Kier molecular flexibility index (Phi) is 9.56. The molecule has 10 heavy (non-hydrogen) atoms. The quantitative estimate of drug-likeness (QED) is 0.548. The van der Waals surface area contributed by atoms with Gasteiger partial charge < -0.3 is 11.5 Å². The molecule has 0 aromatic carbocycles. The van der Waals surface area contributed by atoms with Crippen molar-refractivity contribution in [2.75, 3.05) is 0 Å². The van der Waals surface area contributed by atoms with Crippen LogP contribution in [0.15, 0.2) is 23.5 Å². The second kappa shape index (κ2) is 8.08. The standard InChI is InChI=1S/C6H12N2.C2H6/c1-3-5(7)6(8)4-2;1-2/h3-4H,7-8H2,1-2H3;1-2H3/b5-3+,6-4+;. The van der Waals surface area contributed by atoms with E-state index in [1.165, 1.54) is 0 Å². The van der Waals surface area contributed by atoms with Crippen LogP contribution in [0.5, 0.6) is 0 Å². The van der Waals surface area contributed by atoms with Crippen LogP contribution in [0.4, 0.5) is 0 Å². The van der Waals surface area contributed by atoms with Crippen molar-refractivity contribution in [3.8, 4) is 0 Å². The number of hydrogen-bond acceptors (Lipinski definition) is 2. The van der Waals surface area contributed by atoms with Crippen LogP contribution in [0.1, 0.15) is 27.7 Å². The van der Waals surface area contributed by atoms with Crippen LogP contribution in [-0.4, -0.2) is 0 Å². The Balaban J connectivity index is 0. The van der Waals surface area contributed by atoms with Crippen molar-refractivity contribution in [2.24, 2.45) is 11.5 Å². The summed E-state index contributed by atoms with van der Waals surface area (Å²) in [7, 11) is 0. The first-order chi connectivity index (χ1) is 4.72. The van der Waals surface area contributed by atoms with Gasteiger partial charge in [0, 0.05) is 0 Å². The first-order valence-corrected chi connectivity index (χ1v) is 3.56. The third kappa shape index (κ3) is 5.22. The van der Waals surface area contributed by atoms with E-state index in [4.69, 9.17) is 11.5 Å². The monoisotopic (exact) mass is 142 g/mol. The zero-order valence-corrected chi connectivity index (χ0v) is 7.31. The molecule has 4 N–H and O–H groups in total. The van der Waals surface area contributed by atoms with E-state index in [1.54, 1.807) is 12.2 Å². The number of rotatable bonds is 1. The molecule has 0 aromatic rings. The molecule has 0 heterocycles. The lowest BCUT2D eigenvalue weighted by molar-refractivity contribution is 1.22. The minimum atomic E-state index is 0.646. The molecular weight excluding hydrogens is 124 g/mol. The third-order valence-electron chi connectivity index (χ3n) is 0.955. The molecule has 0 unspecified atom stereocenters. The highest BCUT2D eigenvalue weighted by atomic mass is 14.7. The van der Waals surface area contributed by atoms with Crippen LogP contribution >= 0.6 is 0 Å². The van der Waals surface area contributed by atoms with Crippen molar-refractivity contribution in [3.05, 3.63) is 23.5 Å². The fraction of sp³-hybridized carbons (Fsp3) is 0.500. The van der Waals surface area contributed by atoms with Gasteiger partial charge in [0.2, 0.25) is 0 Å². The molecular formula is C8H18N2. The van der Waals surface area contributed by atoms with Gasteiger partial charge in [-0.05, 0) is 13.8 Å². The lowest BCUT2D eigenvalue weighted by atomic mass is 10.3. The summed E-state index contributed by atoms with van der Waals surface area (Å²) in [6, 6.07) is 0. The molecule has 0 fully saturated rings. The molecule has 2 heteroatoms. The largest absolute Gasteiger partial charge is 0.397 e. The molecule has 0 aliphatic carbocycles. The Hall–Kier alpha value is -0.920. The van der Waals surface area contributed by atoms with Gasteiger partial charge in [0.05, 0.1) is 11.4 Å². The maximum atomic E-state index is 5.39. The van der Waals surface area contributed by atoms with E-state index in [-0.39, 0.29) is 0 Å². The first kappa shape index (κ1) is 11.8. The molecule has 0 bridgehead atoms. The van der Waals surface area contributed by atoms with Crippen molar-refractivity contribution < 1.29 is 0 Å². The molecule has 0 amide bonds. The van der Waals surface area contributed by atoms with Crippen molar-refractivity contribution in [1.29, 1.82) is 0 Å². The van der Waals surface area contributed by atoms with Gasteiger partial charge in [0.1, 0.15) is 0 Å². The molecule has 0 radical (unpaired) electrons. The minimum absolute atomic E-state index is 0.646. The number of nitrogens with two attached hydrogens (primary N) is 2. The van der Waals surface area contributed by atoms with Crippen LogP contribution < -0.4 is 11.5 Å². The predicted molar refractivity (Wildman–Crippen MR) is 47.2 cm³/mol. The highest BCUT2D eigenvalue weighted by molar-refractivity contribution is 5.23. The normalized spacial score (nSPS) is 12.0. The highest BCUT2D eigenvalue weighted by Crippen LogP contribution is 1.92. The summed E-state index contributed by atoms with van der Waals surface area (Å²) in [5.74, 6) is 0. The maximum absolute atomic E-state index is 5.39. The summed E-state index contributed by atoms with van der Waals surface area (Å²) in [4.78, 5) is 0. The minimum Gasteiger partial charge on any atom is -0.397 e. The molecule has 2 nitrogen and oxygen atoms in total. The van der Waals surface area contributed by atoms with Gasteiger partial charge in [-0.1, -0.05) is 26.0 Å². The van der Waals surface area contributed by atoms with Gasteiger partial charge in [-0.25, -0.2) is 0 Å². The molecule has 0 atom stereocenters. The summed E-state index contributed by atoms with van der Waals surface area (Å²) < 4.78 is 0. The van der Waals surface area contributed by atoms with E-state index < -0.39 is 0 Å². The second-order valence-electron chi connectivity index (χ2n) is 1.49. The van der Waals surface area contributed by atoms with Crippen LogP contribution in [0.25, 0.3) is 0 Å². The highest BCUT2D eigenvalue weighted by Gasteiger charge is 1.86. The summed E-state index contributed by atoms with van der Waals surface area (Å²) in [6.45, 7) is 7.71. The van der Waals surface area contributed by atoms with Gasteiger partial charge in [0.15, 0.2) is 0 Å². The lowest BCUT2D eigenvalue weighted by Gasteiger charge is -1.96. The molecule has 0 aliphatic heterocycles. The molecule has 0 saturated carbocycles. The van der Waals surface area contributed by atoms with Gasteiger partial charge in [-0.15, -0.1) is 0 Å². The maximum Gasteiger partial charge on any atom is 0.0501 e. The SMILES string of the molecule is C/C=C(N)\C(N)=C/C.CC. The van der Waals surface area contributed by atoms with E-state index in [0.717, 1.165) is 0 Å². The smallest absolute Gasteiger partial charge is 0.0501 e. The van der Waals surface area contributed by atoms with E-state index in [9.17, 15) is 0 Å². The molecule has 0 saturated heterocycles. The Morgan fingerprint density at radius 1 is 0.900 bits per heavy atom. The molecule has 0 aromatic heterocycles. The summed E-state index contributed by atoms with van der Waals surface area (Å²) >= 11 is 0. The van der Waals surface area contributed by atoms with Crippen LogP contribution in [0, 0.1) is 0 Å². The van der Waals surface area contributed by atoms with Gasteiger partial charge in [-0.3, -0.25) is 0 Å². The van der Waals surface area contributed by atoms with Gasteiger partial charge >= 0.3 is 0 Å². The molecule has 0 aliphatic rings. The number of hydrogen-bond donors (Lipinski definition) is 2. The van der Waals surface area contributed by atoms with Gasteiger partial charge in [-0.2, -0.15) is 0 Å². The van der Waals surface area contributed by atoms with Crippen LogP contribution in [0.3, 0.4) is 0 Å². The van der Waals surface area contributed by atoms with Crippen molar-refractivity contribution in [3.63, 3.8) is 0 Å². The Labute approximate surface area is 63.6 Å². The van der Waals surface area contributed by atoms with Crippen molar-refractivity contribution in [2.45, 2.75) is 27.7 Å². The average Bonchev–Trinajstić information content (AvgIpc) is 2.05. The molecule has 0 spiro atoms. The third-order valence-corrected chi connectivity index (χ3v) is 0.955. The summed E-state index contributed by atoms with van der Waals surface area (Å²) in [5, 5.41) is 0. The van der Waals surface area contributed by atoms with Crippen molar-refractivity contribution >= 4 is 0 Å². The fourth-order valence-electron chi connectivity index (χ4n) is 0.333. The second-order valence-corrected chi connectivity index (χ2v) is 1.49. The summed E-state index contributed by atoms with van der Waals surface area (Å²) in [5.41, 5.74) is 12.1. The fourth-order valence-corrected chi connectivity index (χ4v) is 0.333. The van der Waals surface area contributed by atoms with Gasteiger partial charge in [0.25, 0.3) is 0 Å². The van der Waals surface area contributed by atoms with E-state index in [1.807, 2.05) is 27.7 Å². The molecule has 0 rings (SSSR count). The Bertz CT molecular complexity index is 107. The lowest BCUT2D eigenvalue weighted by Crippen LogP contribution is -2.07. The predicted octanol–water partition coefficient (Wildman–Crippen LogP) is 1.74. The topological polar surface area (TPSA) is 52.0 Å². The average molecular weight is 142 g/mol. The van der Waals surface area contributed by atoms with E-state index >= 15 is 0 Å². The van der Waals surface area contributed by atoms with Crippen molar-refractivity contribution in [1.82, 2.24) is 0 Å². The zero-order valence-electron chi connectivity index (χ0n) is 7.31. The first-order valence-electron chi connectivity index (χ1n) is 3.56. The zero-order chi connectivity index (χ0) is 8.57. The van der Waals surface area contributed by atoms with Crippen LogP contribution in [0.2, 0.25) is 0 Å². The summed E-state index contributed by atoms with van der Waals surface area (Å²) in [6.07, 6.45) is 3.55. The van der Waals surface area contributed by atoms with E-state index in [2.05, 4.69) is 0 Å². The van der Waals surface area contributed by atoms with Crippen LogP contribution in [-0.2, 0) is 0 Å². The van der Waals surface area contributed by atoms with E-state index in [0.29, 0.717) is 11.4 Å². The number of allylic oxidation sites excluding steroid dienone is 2.